The van der Waals surface area contributed by atoms with Crippen LogP contribution in [0.15, 0.2) is 30.3 Å². The lowest BCUT2D eigenvalue weighted by molar-refractivity contribution is 0.115. The van der Waals surface area contributed by atoms with Crippen molar-refractivity contribution in [2.45, 2.75) is 0 Å². The minimum atomic E-state index is -0.786. The molecule has 1 aromatic rings. The number of benzene rings is 1. The highest BCUT2D eigenvalue weighted by Gasteiger charge is 1.93. The van der Waals surface area contributed by atoms with E-state index in [-0.39, 0.29) is 6.61 Å². The predicted octanol–water partition coefficient (Wildman–Crippen LogP) is 1.54. The Labute approximate surface area is 119 Å². The number of primary amides is 1. The second-order valence-corrected chi connectivity index (χ2v) is 3.32. The Balaban J connectivity index is 0.000000331. The largest absolute Gasteiger partial charge is 0.411 e. The quantitative estimate of drug-likeness (QED) is 0.483. The lowest BCUT2D eigenvalue weighted by Gasteiger charge is -1.96. The number of aliphatic hydroxyl groups excluding tert-OH is 1. The molecule has 98 valence electrons. The number of rotatable bonds is 4. The third kappa shape index (κ3) is 11.2. The normalized spacial score (nSPS) is 8.33. The van der Waals surface area contributed by atoms with E-state index in [9.17, 15) is 4.79 Å². The lowest BCUT2D eigenvalue weighted by Crippen LogP contribution is -2.15. The average molecular weight is 363 g/mol. The number of halogens is 1. The van der Waals surface area contributed by atoms with E-state index in [1.807, 2.05) is 28.7 Å². The second kappa shape index (κ2) is 12.2. The summed E-state index contributed by atoms with van der Waals surface area (Å²) in [6.07, 6.45) is -0.786. The van der Waals surface area contributed by atoms with Crippen LogP contribution in [0.25, 0.3) is 0 Å². The second-order valence-electron chi connectivity index (χ2n) is 2.78. The van der Waals surface area contributed by atoms with Crippen molar-refractivity contribution < 1.29 is 19.4 Å². The van der Waals surface area contributed by atoms with Crippen LogP contribution in [0.3, 0.4) is 0 Å². The molecule has 0 bridgehead atoms. The summed E-state index contributed by atoms with van der Waals surface area (Å²) in [6, 6.07) is 8.67. The SMILES string of the molecule is NC(=O)Oc1ccccc1.OCCOCC#CI. The highest BCUT2D eigenvalue weighted by molar-refractivity contribution is 14.1. The van der Waals surface area contributed by atoms with Crippen LogP contribution in [-0.4, -0.2) is 31.0 Å². The molecule has 0 aromatic heterocycles. The van der Waals surface area contributed by atoms with Gasteiger partial charge in [0.1, 0.15) is 12.4 Å². The predicted molar refractivity (Wildman–Crippen MR) is 76.4 cm³/mol. The number of aliphatic hydroxyl groups is 1. The first-order chi connectivity index (χ1) is 8.70. The van der Waals surface area contributed by atoms with Gasteiger partial charge in [-0.3, -0.25) is 0 Å². The Morgan fingerprint density at radius 1 is 1.39 bits per heavy atom. The molecule has 0 radical (unpaired) electrons. The molecule has 1 amide bonds. The third-order valence-electron chi connectivity index (χ3n) is 1.44. The van der Waals surface area contributed by atoms with Crippen LogP contribution in [0, 0.1) is 9.85 Å². The van der Waals surface area contributed by atoms with E-state index in [4.69, 9.17) is 15.6 Å². The summed E-state index contributed by atoms with van der Waals surface area (Å²) < 4.78 is 12.0. The molecule has 3 N–H and O–H groups in total. The maximum Gasteiger partial charge on any atom is 0.409 e. The molecular weight excluding hydrogens is 349 g/mol. The molecule has 6 heteroatoms. The molecule has 0 aliphatic carbocycles. The van der Waals surface area contributed by atoms with Gasteiger partial charge in [-0.1, -0.05) is 24.1 Å². The van der Waals surface area contributed by atoms with Crippen molar-refractivity contribution in [3.63, 3.8) is 0 Å². The zero-order valence-electron chi connectivity index (χ0n) is 9.64. The molecule has 18 heavy (non-hydrogen) atoms. The van der Waals surface area contributed by atoms with Gasteiger partial charge in [-0.05, 0) is 16.1 Å². The Bertz CT molecular complexity index is 386. The molecule has 0 atom stereocenters. The van der Waals surface area contributed by atoms with Gasteiger partial charge in [-0.2, -0.15) is 0 Å². The van der Waals surface area contributed by atoms with E-state index in [1.54, 1.807) is 24.3 Å². The van der Waals surface area contributed by atoms with Crippen molar-refractivity contribution in [2.24, 2.45) is 5.73 Å². The van der Waals surface area contributed by atoms with Crippen molar-refractivity contribution in [1.82, 2.24) is 0 Å². The van der Waals surface area contributed by atoms with E-state index >= 15 is 0 Å². The fraction of sp³-hybridized carbons (Fsp3) is 0.250. The van der Waals surface area contributed by atoms with Crippen molar-refractivity contribution >= 4 is 28.7 Å². The summed E-state index contributed by atoms with van der Waals surface area (Å²) in [5, 5.41) is 8.19. The fourth-order valence-corrected chi connectivity index (χ4v) is 0.975. The topological polar surface area (TPSA) is 81.8 Å². The number of nitrogens with two attached hydrogens (primary N) is 1. The maximum atomic E-state index is 10.2. The number of carbonyl (C=O) groups is 1. The Morgan fingerprint density at radius 2 is 2.06 bits per heavy atom. The maximum absolute atomic E-state index is 10.2. The van der Waals surface area contributed by atoms with Crippen LogP contribution in [0.5, 0.6) is 5.75 Å². The van der Waals surface area contributed by atoms with Gasteiger partial charge in [0.25, 0.3) is 0 Å². The van der Waals surface area contributed by atoms with Gasteiger partial charge in [0.15, 0.2) is 0 Å². The Hall–Kier alpha value is -1.30. The van der Waals surface area contributed by atoms with Crippen LogP contribution >= 0.6 is 22.6 Å². The molecule has 1 aromatic carbocycles. The molecule has 1 rings (SSSR count). The zero-order chi connectivity index (χ0) is 13.6. The monoisotopic (exact) mass is 363 g/mol. The van der Waals surface area contributed by atoms with Gasteiger partial charge < -0.3 is 20.3 Å². The highest BCUT2D eigenvalue weighted by atomic mass is 127. The third-order valence-corrected chi connectivity index (χ3v) is 1.82. The standard InChI is InChI=1S/C7H7NO2.C5H7IO2/c8-7(9)10-6-4-2-1-3-5-6;6-2-1-4-8-5-3-7/h1-5H,(H2,8,9);7H,3-5H2. The zero-order valence-corrected chi connectivity index (χ0v) is 11.8. The van der Waals surface area contributed by atoms with Crippen LogP contribution < -0.4 is 10.5 Å². The molecule has 0 saturated heterocycles. The number of amides is 1. The average Bonchev–Trinajstić information content (AvgIpc) is 2.36. The molecule has 0 fully saturated rings. The summed E-state index contributed by atoms with van der Waals surface area (Å²) in [6.45, 7) is 0.873. The van der Waals surface area contributed by atoms with E-state index in [1.165, 1.54) is 0 Å². The fourth-order valence-electron chi connectivity index (χ4n) is 0.820. The molecule has 0 aliphatic heterocycles. The Kier molecular flexibility index (Phi) is 11.3. The smallest absolute Gasteiger partial charge is 0.409 e. The van der Waals surface area contributed by atoms with Gasteiger partial charge in [0.05, 0.1) is 13.2 Å². The molecule has 0 saturated carbocycles. The minimum Gasteiger partial charge on any atom is -0.411 e. The first-order valence-corrected chi connectivity index (χ1v) is 6.08. The van der Waals surface area contributed by atoms with Crippen molar-refractivity contribution in [1.29, 1.82) is 0 Å². The summed E-state index contributed by atoms with van der Waals surface area (Å²) >= 11 is 1.94. The van der Waals surface area contributed by atoms with E-state index in [0.717, 1.165) is 0 Å². The molecule has 0 heterocycles. The molecule has 0 unspecified atom stereocenters. The number of ether oxygens (including phenoxy) is 2. The number of hydrogen-bond donors (Lipinski definition) is 2. The van der Waals surface area contributed by atoms with Crippen LogP contribution in [0.1, 0.15) is 0 Å². The van der Waals surface area contributed by atoms with E-state index < -0.39 is 6.09 Å². The van der Waals surface area contributed by atoms with Gasteiger partial charge >= 0.3 is 6.09 Å². The van der Waals surface area contributed by atoms with Crippen LogP contribution in [-0.2, 0) is 4.74 Å². The number of carbonyl (C=O) groups excluding carboxylic acids is 1. The van der Waals surface area contributed by atoms with E-state index in [2.05, 4.69) is 14.6 Å². The summed E-state index contributed by atoms with van der Waals surface area (Å²) in [5.74, 6) is 3.15. The van der Waals surface area contributed by atoms with Crippen LogP contribution in [0.2, 0.25) is 0 Å². The highest BCUT2D eigenvalue weighted by Crippen LogP contribution is 2.07. The van der Waals surface area contributed by atoms with Crippen molar-refractivity contribution in [3.8, 4) is 15.6 Å². The molecular formula is C12H14INO4. The molecule has 0 spiro atoms. The van der Waals surface area contributed by atoms with E-state index in [0.29, 0.717) is 19.0 Å². The summed E-state index contributed by atoms with van der Waals surface area (Å²) in [4.78, 5) is 10.2. The van der Waals surface area contributed by atoms with Crippen molar-refractivity contribution in [3.05, 3.63) is 30.3 Å². The number of para-hydroxylation sites is 1. The minimum absolute atomic E-state index is 0.0723. The molecule has 5 nitrogen and oxygen atoms in total. The van der Waals surface area contributed by atoms with Gasteiger partial charge in [-0.25, -0.2) is 4.79 Å². The first kappa shape index (κ1) is 16.7. The van der Waals surface area contributed by atoms with Crippen LogP contribution in [0.4, 0.5) is 4.79 Å². The van der Waals surface area contributed by atoms with Crippen molar-refractivity contribution in [2.75, 3.05) is 19.8 Å². The summed E-state index contributed by atoms with van der Waals surface area (Å²) in [7, 11) is 0. The van der Waals surface area contributed by atoms with Gasteiger partial charge in [-0.15, -0.1) is 0 Å². The van der Waals surface area contributed by atoms with Gasteiger partial charge in [0.2, 0.25) is 0 Å². The Morgan fingerprint density at radius 3 is 2.56 bits per heavy atom. The number of hydrogen-bond acceptors (Lipinski definition) is 4. The lowest BCUT2D eigenvalue weighted by atomic mass is 10.3. The van der Waals surface area contributed by atoms with Gasteiger partial charge in [0, 0.05) is 22.6 Å². The molecule has 0 aliphatic rings. The first-order valence-electron chi connectivity index (χ1n) is 5.00. The summed E-state index contributed by atoms with van der Waals surface area (Å²) in [5.41, 5.74) is 4.76.